The molecule has 2 aromatic rings. The van der Waals surface area contributed by atoms with Crippen LogP contribution in [0.15, 0.2) is 42.6 Å². The van der Waals surface area contributed by atoms with Crippen molar-refractivity contribution >= 4 is 23.3 Å². The predicted octanol–water partition coefficient (Wildman–Crippen LogP) is 2.33. The van der Waals surface area contributed by atoms with Crippen molar-refractivity contribution < 1.29 is 9.90 Å². The van der Waals surface area contributed by atoms with Gasteiger partial charge in [-0.15, -0.1) is 0 Å². The Bertz CT molecular complexity index is 675. The number of nitrogens with one attached hydrogen (secondary N) is 1. The number of hydrogen-bond donors (Lipinski definition) is 2. The van der Waals surface area contributed by atoms with Crippen LogP contribution in [-0.2, 0) is 0 Å². The number of pyridine rings is 1. The van der Waals surface area contributed by atoms with E-state index in [0.717, 1.165) is 0 Å². The molecule has 0 saturated heterocycles. The van der Waals surface area contributed by atoms with Crippen molar-refractivity contribution in [1.29, 1.82) is 0 Å². The van der Waals surface area contributed by atoms with Crippen molar-refractivity contribution in [3.63, 3.8) is 0 Å². The molecule has 5 heteroatoms. The van der Waals surface area contributed by atoms with E-state index in [2.05, 4.69) is 22.1 Å². The fourth-order valence-electron chi connectivity index (χ4n) is 1.52. The second-order valence-corrected chi connectivity index (χ2v) is 4.23. The van der Waals surface area contributed by atoms with Crippen molar-refractivity contribution in [3.8, 4) is 11.8 Å². The molecule has 2 N–H and O–H groups in total. The van der Waals surface area contributed by atoms with Gasteiger partial charge in [0.15, 0.2) is 0 Å². The normalized spacial score (nSPS) is 9.50. The second kappa shape index (κ2) is 6.71. The Morgan fingerprint density at radius 3 is 2.85 bits per heavy atom. The number of nitrogens with zero attached hydrogens (tertiary/aromatic N) is 1. The van der Waals surface area contributed by atoms with Crippen molar-refractivity contribution in [2.24, 2.45) is 0 Å². The van der Waals surface area contributed by atoms with Gasteiger partial charge in [-0.1, -0.05) is 29.5 Å². The molecule has 1 aromatic heterocycles. The third-order valence-corrected chi connectivity index (χ3v) is 2.75. The molecule has 0 aliphatic carbocycles. The molecule has 0 aliphatic heterocycles. The average molecular weight is 287 g/mol. The lowest BCUT2D eigenvalue weighted by Crippen LogP contribution is -2.12. The summed E-state index contributed by atoms with van der Waals surface area (Å²) in [5, 5.41) is 11.7. The van der Waals surface area contributed by atoms with E-state index in [-0.39, 0.29) is 12.5 Å². The lowest BCUT2D eigenvalue weighted by atomic mass is 10.1. The van der Waals surface area contributed by atoms with Crippen molar-refractivity contribution in [2.75, 3.05) is 11.9 Å². The van der Waals surface area contributed by atoms with Crippen LogP contribution >= 0.6 is 11.6 Å². The van der Waals surface area contributed by atoms with E-state index in [1.165, 1.54) is 6.07 Å². The molecule has 100 valence electrons. The van der Waals surface area contributed by atoms with Gasteiger partial charge >= 0.3 is 0 Å². The van der Waals surface area contributed by atoms with Gasteiger partial charge in [0.2, 0.25) is 0 Å². The first-order chi connectivity index (χ1) is 9.70. The monoisotopic (exact) mass is 286 g/mol. The Morgan fingerprint density at radius 1 is 1.35 bits per heavy atom. The Labute approximate surface area is 121 Å². The van der Waals surface area contributed by atoms with Gasteiger partial charge in [0, 0.05) is 17.3 Å². The summed E-state index contributed by atoms with van der Waals surface area (Å²) in [6.45, 7) is -0.238. The highest BCUT2D eigenvalue weighted by Gasteiger charge is 2.08. The van der Waals surface area contributed by atoms with Crippen molar-refractivity contribution in [3.05, 3.63) is 58.7 Å². The summed E-state index contributed by atoms with van der Waals surface area (Å²) in [5.74, 6) is 5.38. The van der Waals surface area contributed by atoms with E-state index >= 15 is 0 Å². The molecule has 1 aromatic carbocycles. The minimum atomic E-state index is -0.299. The zero-order chi connectivity index (χ0) is 14.4. The van der Waals surface area contributed by atoms with E-state index in [9.17, 15) is 4.79 Å². The molecule has 0 unspecified atom stereocenters. The molecule has 0 saturated carbocycles. The second-order valence-electron chi connectivity index (χ2n) is 3.82. The number of carbonyl (C=O) groups excluding carboxylic acids is 1. The molecule has 0 bridgehead atoms. The molecule has 0 radical (unpaired) electrons. The standard InChI is InChI=1S/C15H11ClN2O2/c16-13-10-12(7-6-11(13)4-3-9-19)15(20)18-14-5-1-2-8-17-14/h1-2,5-8,10,19H,9H2,(H,17,18,20). The van der Waals surface area contributed by atoms with Gasteiger partial charge in [0.05, 0.1) is 5.02 Å². The topological polar surface area (TPSA) is 62.2 Å². The minimum absolute atomic E-state index is 0.238. The van der Waals surface area contributed by atoms with E-state index in [1.807, 2.05) is 0 Å². The van der Waals surface area contributed by atoms with E-state index in [1.54, 1.807) is 36.5 Å². The third kappa shape index (κ3) is 3.58. The Balaban J connectivity index is 2.17. The van der Waals surface area contributed by atoms with Crippen molar-refractivity contribution in [1.82, 2.24) is 4.98 Å². The van der Waals surface area contributed by atoms with Crippen LogP contribution in [0.5, 0.6) is 0 Å². The summed E-state index contributed by atoms with van der Waals surface area (Å²) < 4.78 is 0. The summed E-state index contributed by atoms with van der Waals surface area (Å²) in [7, 11) is 0. The fourth-order valence-corrected chi connectivity index (χ4v) is 1.75. The number of rotatable bonds is 2. The highest BCUT2D eigenvalue weighted by atomic mass is 35.5. The maximum absolute atomic E-state index is 12.0. The van der Waals surface area contributed by atoms with E-state index in [4.69, 9.17) is 16.7 Å². The molecule has 1 amide bonds. The summed E-state index contributed by atoms with van der Waals surface area (Å²) in [5.41, 5.74) is 0.977. The number of hydrogen-bond acceptors (Lipinski definition) is 3. The number of amides is 1. The smallest absolute Gasteiger partial charge is 0.256 e. The van der Waals surface area contributed by atoms with Crippen LogP contribution in [0.25, 0.3) is 0 Å². The number of benzene rings is 1. The lowest BCUT2D eigenvalue weighted by Gasteiger charge is -2.05. The number of aromatic nitrogens is 1. The molecule has 20 heavy (non-hydrogen) atoms. The molecule has 1 heterocycles. The zero-order valence-electron chi connectivity index (χ0n) is 10.4. The average Bonchev–Trinajstić information content (AvgIpc) is 2.47. The fraction of sp³-hybridized carbons (Fsp3) is 0.0667. The number of halogens is 1. The van der Waals surface area contributed by atoms with Crippen LogP contribution < -0.4 is 5.32 Å². The van der Waals surface area contributed by atoms with Gasteiger partial charge in [0.1, 0.15) is 12.4 Å². The van der Waals surface area contributed by atoms with Gasteiger partial charge in [0.25, 0.3) is 5.91 Å². The molecular formula is C15H11ClN2O2. The van der Waals surface area contributed by atoms with Crippen LogP contribution in [0, 0.1) is 11.8 Å². The largest absolute Gasteiger partial charge is 0.384 e. The molecule has 0 fully saturated rings. The molecular weight excluding hydrogens is 276 g/mol. The molecule has 4 nitrogen and oxygen atoms in total. The highest BCUT2D eigenvalue weighted by Crippen LogP contribution is 2.17. The summed E-state index contributed by atoms with van der Waals surface area (Å²) >= 11 is 6.03. The van der Waals surface area contributed by atoms with Crippen molar-refractivity contribution in [2.45, 2.75) is 0 Å². The van der Waals surface area contributed by atoms with Gasteiger partial charge in [-0.2, -0.15) is 0 Å². The SMILES string of the molecule is O=C(Nc1ccccn1)c1ccc(C#CCO)c(Cl)c1. The molecule has 0 aliphatic rings. The number of aliphatic hydroxyl groups is 1. The summed E-state index contributed by atoms with van der Waals surface area (Å²) in [6, 6.07) is 10.0. The predicted molar refractivity (Wildman–Crippen MR) is 77.6 cm³/mol. The number of anilines is 1. The summed E-state index contributed by atoms with van der Waals surface area (Å²) in [6.07, 6.45) is 1.59. The first-order valence-corrected chi connectivity index (χ1v) is 6.20. The Hall–Kier alpha value is -2.35. The highest BCUT2D eigenvalue weighted by molar-refractivity contribution is 6.32. The maximum Gasteiger partial charge on any atom is 0.256 e. The van der Waals surface area contributed by atoms with Gasteiger partial charge in [-0.05, 0) is 30.3 Å². The number of aliphatic hydroxyl groups excluding tert-OH is 1. The molecule has 0 spiro atoms. The van der Waals surface area contributed by atoms with E-state index in [0.29, 0.717) is 22.0 Å². The summed E-state index contributed by atoms with van der Waals surface area (Å²) in [4.78, 5) is 16.0. The lowest BCUT2D eigenvalue weighted by molar-refractivity contribution is 0.102. The van der Waals surface area contributed by atoms with Gasteiger partial charge < -0.3 is 10.4 Å². The maximum atomic E-state index is 12.0. The molecule has 0 atom stereocenters. The molecule has 2 rings (SSSR count). The van der Waals surface area contributed by atoms with Crippen LogP contribution in [0.2, 0.25) is 5.02 Å². The third-order valence-electron chi connectivity index (χ3n) is 2.44. The van der Waals surface area contributed by atoms with Gasteiger partial charge in [-0.3, -0.25) is 4.79 Å². The number of carbonyl (C=O) groups is 1. The minimum Gasteiger partial charge on any atom is -0.384 e. The zero-order valence-corrected chi connectivity index (χ0v) is 11.2. The van der Waals surface area contributed by atoms with Crippen LogP contribution in [0.3, 0.4) is 0 Å². The first kappa shape index (κ1) is 14.1. The van der Waals surface area contributed by atoms with Gasteiger partial charge in [-0.25, -0.2) is 4.98 Å². The van der Waals surface area contributed by atoms with Crippen LogP contribution in [0.1, 0.15) is 15.9 Å². The Kier molecular flexibility index (Phi) is 4.72. The van der Waals surface area contributed by atoms with Crippen LogP contribution in [0.4, 0.5) is 5.82 Å². The quantitative estimate of drug-likeness (QED) is 0.833. The van der Waals surface area contributed by atoms with E-state index < -0.39 is 0 Å². The Morgan fingerprint density at radius 2 is 2.20 bits per heavy atom. The first-order valence-electron chi connectivity index (χ1n) is 5.82. The van der Waals surface area contributed by atoms with Crippen LogP contribution in [-0.4, -0.2) is 22.6 Å².